The fraction of sp³-hybridized carbons (Fsp3) is 0.769. The van der Waals surface area contributed by atoms with E-state index in [1.165, 1.54) is 0 Å². The molecule has 2 N–H and O–H groups in total. The average Bonchev–Trinajstić information content (AvgIpc) is 2.63. The molecule has 1 rings (SSSR count). The van der Waals surface area contributed by atoms with Gasteiger partial charge in [0.25, 0.3) is 0 Å². The van der Waals surface area contributed by atoms with Crippen LogP contribution in [0, 0.1) is 13.8 Å². The summed E-state index contributed by atoms with van der Waals surface area (Å²) >= 11 is 6.11. The molecule has 1 heterocycles. The third-order valence-electron chi connectivity index (χ3n) is 3.83. The first-order valence-corrected chi connectivity index (χ1v) is 6.86. The van der Waals surface area contributed by atoms with Crippen LogP contribution in [0.4, 0.5) is 0 Å². The van der Waals surface area contributed by atoms with Crippen LogP contribution in [0.25, 0.3) is 0 Å². The van der Waals surface area contributed by atoms with Gasteiger partial charge >= 0.3 is 0 Å². The smallest absolute Gasteiger partial charge is 0.0844 e. The first-order chi connectivity index (χ1) is 8.49. The Morgan fingerprint density at radius 1 is 1.44 bits per heavy atom. The fourth-order valence-corrected chi connectivity index (χ4v) is 2.34. The van der Waals surface area contributed by atoms with Crippen LogP contribution < -0.4 is 5.32 Å². The number of nitrogens with zero attached hydrogens (tertiary/aromatic N) is 2. The van der Waals surface area contributed by atoms with Crippen molar-refractivity contribution in [2.24, 2.45) is 0 Å². The van der Waals surface area contributed by atoms with Gasteiger partial charge in [-0.05, 0) is 40.2 Å². The molecule has 0 saturated heterocycles. The minimum Gasteiger partial charge on any atom is -0.394 e. The molecule has 0 saturated carbocycles. The first kappa shape index (κ1) is 15.5. The van der Waals surface area contributed by atoms with Gasteiger partial charge in [0, 0.05) is 12.1 Å². The highest BCUT2D eigenvalue weighted by Gasteiger charge is 2.24. The van der Waals surface area contributed by atoms with Crippen molar-refractivity contribution in [3.05, 3.63) is 16.4 Å². The van der Waals surface area contributed by atoms with E-state index in [1.54, 1.807) is 0 Å². The molecule has 1 aromatic heterocycles. The van der Waals surface area contributed by atoms with Gasteiger partial charge in [0.1, 0.15) is 0 Å². The summed E-state index contributed by atoms with van der Waals surface area (Å²) in [5.41, 5.74) is 1.73. The van der Waals surface area contributed by atoms with Gasteiger partial charge in [-0.25, -0.2) is 0 Å². The molecule has 4 nitrogen and oxygen atoms in total. The zero-order valence-corrected chi connectivity index (χ0v) is 12.5. The van der Waals surface area contributed by atoms with E-state index >= 15 is 0 Å². The molecular weight excluding hydrogens is 250 g/mol. The standard InChI is InChI=1S/C13H24ClN3O/c1-5-13(9-18,15-4)7-6-8-17-11(3)12(14)10(2)16-17/h15,18H,5-9H2,1-4H3. The number of hydrogen-bond acceptors (Lipinski definition) is 3. The number of aromatic nitrogens is 2. The van der Waals surface area contributed by atoms with E-state index in [0.717, 1.165) is 42.2 Å². The van der Waals surface area contributed by atoms with Crippen LogP contribution in [0.15, 0.2) is 0 Å². The summed E-state index contributed by atoms with van der Waals surface area (Å²) in [5, 5.41) is 17.9. The van der Waals surface area contributed by atoms with Gasteiger partial charge in [0.05, 0.1) is 23.0 Å². The quantitative estimate of drug-likeness (QED) is 0.801. The molecule has 0 aromatic carbocycles. The number of aryl methyl sites for hydroxylation is 2. The van der Waals surface area contributed by atoms with Gasteiger partial charge < -0.3 is 10.4 Å². The summed E-state index contributed by atoms with van der Waals surface area (Å²) < 4.78 is 1.95. The molecule has 18 heavy (non-hydrogen) atoms. The average molecular weight is 274 g/mol. The third-order valence-corrected chi connectivity index (χ3v) is 4.38. The Hall–Kier alpha value is -0.580. The molecule has 0 fully saturated rings. The third kappa shape index (κ3) is 3.25. The van der Waals surface area contributed by atoms with Crippen molar-refractivity contribution in [1.82, 2.24) is 15.1 Å². The van der Waals surface area contributed by atoms with E-state index < -0.39 is 0 Å². The first-order valence-electron chi connectivity index (χ1n) is 6.49. The van der Waals surface area contributed by atoms with E-state index in [2.05, 4.69) is 17.3 Å². The van der Waals surface area contributed by atoms with Crippen molar-refractivity contribution in [2.45, 2.75) is 52.1 Å². The van der Waals surface area contributed by atoms with Crippen LogP contribution in [-0.2, 0) is 6.54 Å². The predicted octanol–water partition coefficient (Wildman–Crippen LogP) is 2.29. The van der Waals surface area contributed by atoms with Crippen molar-refractivity contribution in [3.63, 3.8) is 0 Å². The van der Waals surface area contributed by atoms with Gasteiger partial charge in [-0.2, -0.15) is 5.10 Å². The van der Waals surface area contributed by atoms with Crippen molar-refractivity contribution < 1.29 is 5.11 Å². The van der Waals surface area contributed by atoms with Crippen LogP contribution in [-0.4, -0.2) is 34.1 Å². The van der Waals surface area contributed by atoms with Crippen molar-refractivity contribution >= 4 is 11.6 Å². The molecule has 0 aliphatic carbocycles. The van der Waals surface area contributed by atoms with E-state index in [1.807, 2.05) is 25.6 Å². The number of nitrogens with one attached hydrogen (secondary N) is 1. The Bertz CT molecular complexity index is 378. The number of rotatable bonds is 7. The maximum Gasteiger partial charge on any atom is 0.0844 e. The molecule has 104 valence electrons. The lowest BCUT2D eigenvalue weighted by molar-refractivity contribution is 0.150. The zero-order valence-electron chi connectivity index (χ0n) is 11.8. The highest BCUT2D eigenvalue weighted by atomic mass is 35.5. The van der Waals surface area contributed by atoms with Crippen molar-refractivity contribution in [2.75, 3.05) is 13.7 Å². The molecule has 0 radical (unpaired) electrons. The van der Waals surface area contributed by atoms with Crippen LogP contribution in [0.1, 0.15) is 37.6 Å². The van der Waals surface area contributed by atoms with E-state index in [4.69, 9.17) is 11.6 Å². The molecule has 0 bridgehead atoms. The van der Waals surface area contributed by atoms with Gasteiger partial charge in [-0.1, -0.05) is 18.5 Å². The van der Waals surface area contributed by atoms with E-state index in [-0.39, 0.29) is 12.1 Å². The Labute approximate surface area is 114 Å². The minimum absolute atomic E-state index is 0.165. The lowest BCUT2D eigenvalue weighted by Crippen LogP contribution is -2.46. The highest BCUT2D eigenvalue weighted by Crippen LogP contribution is 2.21. The molecule has 1 unspecified atom stereocenters. The number of likely N-dealkylation sites (N-methyl/N-ethyl adjacent to an activating group) is 1. The number of aliphatic hydroxyl groups excluding tert-OH is 1. The molecular formula is C13H24ClN3O. The maximum atomic E-state index is 9.47. The SMILES string of the molecule is CCC(CO)(CCCn1nc(C)c(Cl)c1C)NC. The molecule has 1 aromatic rings. The minimum atomic E-state index is -0.167. The van der Waals surface area contributed by atoms with Gasteiger partial charge in [0.2, 0.25) is 0 Å². The second kappa shape index (κ2) is 6.55. The normalized spacial score (nSPS) is 14.8. The Balaban J connectivity index is 2.58. The molecule has 5 heteroatoms. The summed E-state index contributed by atoms with van der Waals surface area (Å²) in [6.45, 7) is 7.00. The maximum absolute atomic E-state index is 9.47. The van der Waals surface area contributed by atoms with E-state index in [0.29, 0.717) is 0 Å². The molecule has 0 aliphatic heterocycles. The number of hydrogen-bond donors (Lipinski definition) is 2. The van der Waals surface area contributed by atoms with Gasteiger partial charge in [-0.15, -0.1) is 0 Å². The summed E-state index contributed by atoms with van der Waals surface area (Å²) in [5.74, 6) is 0. The summed E-state index contributed by atoms with van der Waals surface area (Å²) in [4.78, 5) is 0. The van der Waals surface area contributed by atoms with Crippen LogP contribution in [0.5, 0.6) is 0 Å². The second-order valence-electron chi connectivity index (χ2n) is 4.85. The lowest BCUT2D eigenvalue weighted by Gasteiger charge is -2.30. The topological polar surface area (TPSA) is 50.1 Å². The zero-order chi connectivity index (χ0) is 13.8. The molecule has 1 atom stereocenters. The predicted molar refractivity (Wildman–Crippen MR) is 75.1 cm³/mol. The Morgan fingerprint density at radius 3 is 2.50 bits per heavy atom. The van der Waals surface area contributed by atoms with Crippen LogP contribution in [0.2, 0.25) is 5.02 Å². The molecule has 0 amide bonds. The lowest BCUT2D eigenvalue weighted by atomic mass is 9.91. The summed E-state index contributed by atoms with van der Waals surface area (Å²) in [6.07, 6.45) is 2.80. The second-order valence-corrected chi connectivity index (χ2v) is 5.23. The summed E-state index contributed by atoms with van der Waals surface area (Å²) in [7, 11) is 1.90. The van der Waals surface area contributed by atoms with Crippen molar-refractivity contribution in [3.8, 4) is 0 Å². The Morgan fingerprint density at radius 2 is 2.11 bits per heavy atom. The van der Waals surface area contributed by atoms with Crippen LogP contribution >= 0.6 is 11.6 Å². The summed E-state index contributed by atoms with van der Waals surface area (Å²) in [6, 6.07) is 0. The Kier molecular flexibility index (Phi) is 5.63. The number of halogens is 1. The van der Waals surface area contributed by atoms with Crippen molar-refractivity contribution in [1.29, 1.82) is 0 Å². The highest BCUT2D eigenvalue weighted by molar-refractivity contribution is 6.31. The van der Waals surface area contributed by atoms with E-state index in [9.17, 15) is 5.11 Å². The van der Waals surface area contributed by atoms with Crippen LogP contribution in [0.3, 0.4) is 0 Å². The molecule has 0 spiro atoms. The monoisotopic (exact) mass is 273 g/mol. The fourth-order valence-electron chi connectivity index (χ4n) is 2.21. The molecule has 0 aliphatic rings. The van der Waals surface area contributed by atoms with Gasteiger partial charge in [-0.3, -0.25) is 4.68 Å². The van der Waals surface area contributed by atoms with Gasteiger partial charge in [0.15, 0.2) is 0 Å². The number of aliphatic hydroxyl groups is 1. The largest absolute Gasteiger partial charge is 0.394 e.